The number of rotatable bonds is 13. The lowest BCUT2D eigenvalue weighted by Crippen LogP contribution is -2.12. The van der Waals surface area contributed by atoms with Gasteiger partial charge in [0.25, 0.3) is 0 Å². The molecule has 0 bridgehead atoms. The second-order valence-electron chi connectivity index (χ2n) is 8.95. The molecule has 31 heavy (non-hydrogen) atoms. The second-order valence-corrected chi connectivity index (χ2v) is 8.95. The zero-order chi connectivity index (χ0) is 22.5. The summed E-state index contributed by atoms with van der Waals surface area (Å²) < 4.78 is 11.1. The van der Waals surface area contributed by atoms with E-state index in [1.54, 1.807) is 0 Å². The van der Waals surface area contributed by atoms with Crippen LogP contribution in [0.15, 0.2) is 66.8 Å². The van der Waals surface area contributed by atoms with E-state index in [2.05, 4.69) is 37.8 Å². The predicted molar refractivity (Wildman–Crippen MR) is 129 cm³/mol. The van der Waals surface area contributed by atoms with E-state index in [4.69, 9.17) is 9.47 Å². The normalized spacial score (nSPS) is 19.9. The summed E-state index contributed by atoms with van der Waals surface area (Å²) in [6.45, 7) is 10.6. The Bertz CT molecular complexity index is 717. The molecule has 0 N–H and O–H groups in total. The average Bonchev–Trinajstić information content (AvgIpc) is 3.17. The number of hydrogen-bond acceptors (Lipinski definition) is 3. The lowest BCUT2D eigenvalue weighted by Gasteiger charge is -2.17. The van der Waals surface area contributed by atoms with Crippen LogP contribution in [-0.2, 0) is 9.53 Å². The summed E-state index contributed by atoms with van der Waals surface area (Å²) in [6.07, 6.45) is 16.5. The third-order valence-electron chi connectivity index (χ3n) is 5.84. The van der Waals surface area contributed by atoms with Gasteiger partial charge in [-0.25, -0.2) is 0 Å². The fourth-order valence-corrected chi connectivity index (χ4v) is 4.03. The number of carbonyl (C=O) groups excluding carboxylic acids is 1. The van der Waals surface area contributed by atoms with Crippen molar-refractivity contribution >= 4 is 5.97 Å². The van der Waals surface area contributed by atoms with Crippen LogP contribution in [0.4, 0.5) is 0 Å². The van der Waals surface area contributed by atoms with Gasteiger partial charge in [-0.2, -0.15) is 0 Å². The van der Waals surface area contributed by atoms with E-state index in [0.717, 1.165) is 30.6 Å². The van der Waals surface area contributed by atoms with Gasteiger partial charge in [-0.3, -0.25) is 4.79 Å². The standard InChI is InChI=1S/C28H40O3/c1-22(2)26(21-30-27-16-9-7-10-17-27)20-19-25-15-12-14-24(25)13-8-5-6-11-18-28(29)31-23(3)4/h5,7-10,16-17,19-20,23-26H,1,6,11-15,18,21H2,2-4H3/b8-5-,20-19+/t24-,25+,26?/m0/s1. The minimum Gasteiger partial charge on any atom is -0.493 e. The van der Waals surface area contributed by atoms with Gasteiger partial charge < -0.3 is 9.47 Å². The van der Waals surface area contributed by atoms with Crippen molar-refractivity contribution in [1.29, 1.82) is 0 Å². The Morgan fingerprint density at radius 2 is 1.97 bits per heavy atom. The molecular formula is C28H40O3. The number of unbranched alkanes of at least 4 members (excludes halogenated alkanes) is 1. The van der Waals surface area contributed by atoms with Gasteiger partial charge in [-0.05, 0) is 76.8 Å². The van der Waals surface area contributed by atoms with Gasteiger partial charge in [0.15, 0.2) is 0 Å². The van der Waals surface area contributed by atoms with Crippen LogP contribution in [0.25, 0.3) is 0 Å². The van der Waals surface area contributed by atoms with Crippen molar-refractivity contribution in [3.05, 3.63) is 66.8 Å². The summed E-state index contributed by atoms with van der Waals surface area (Å²) >= 11 is 0. The van der Waals surface area contributed by atoms with Crippen molar-refractivity contribution in [2.75, 3.05) is 6.61 Å². The zero-order valence-electron chi connectivity index (χ0n) is 19.6. The molecule has 2 rings (SSSR count). The van der Waals surface area contributed by atoms with Gasteiger partial charge in [-0.1, -0.05) is 61.1 Å². The van der Waals surface area contributed by atoms with Crippen LogP contribution in [0.3, 0.4) is 0 Å². The molecule has 1 aliphatic carbocycles. The molecule has 3 nitrogen and oxygen atoms in total. The zero-order valence-corrected chi connectivity index (χ0v) is 19.6. The number of carbonyl (C=O) groups is 1. The first kappa shape index (κ1) is 25.0. The van der Waals surface area contributed by atoms with Crippen molar-refractivity contribution in [1.82, 2.24) is 0 Å². The number of benzene rings is 1. The molecule has 1 aromatic carbocycles. The van der Waals surface area contributed by atoms with Gasteiger partial charge in [0.2, 0.25) is 0 Å². The third kappa shape index (κ3) is 10.0. The van der Waals surface area contributed by atoms with Gasteiger partial charge >= 0.3 is 5.97 Å². The summed E-state index contributed by atoms with van der Waals surface area (Å²) in [7, 11) is 0. The van der Waals surface area contributed by atoms with Crippen LogP contribution in [0.2, 0.25) is 0 Å². The molecular weight excluding hydrogens is 384 g/mol. The molecule has 170 valence electrons. The molecule has 1 aromatic rings. The largest absolute Gasteiger partial charge is 0.493 e. The highest BCUT2D eigenvalue weighted by Crippen LogP contribution is 2.36. The Balaban J connectivity index is 1.74. The molecule has 3 heteroatoms. The maximum Gasteiger partial charge on any atom is 0.306 e. The summed E-state index contributed by atoms with van der Waals surface area (Å²) in [6, 6.07) is 9.97. The van der Waals surface area contributed by atoms with Crippen LogP contribution in [0.5, 0.6) is 5.75 Å². The van der Waals surface area contributed by atoms with Crippen molar-refractivity contribution < 1.29 is 14.3 Å². The minimum atomic E-state index is -0.0901. The van der Waals surface area contributed by atoms with E-state index in [0.29, 0.717) is 24.9 Å². The smallest absolute Gasteiger partial charge is 0.306 e. The maximum absolute atomic E-state index is 11.6. The summed E-state index contributed by atoms with van der Waals surface area (Å²) in [4.78, 5) is 11.6. The first-order valence-corrected chi connectivity index (χ1v) is 11.8. The van der Waals surface area contributed by atoms with Crippen LogP contribution in [-0.4, -0.2) is 18.7 Å². The van der Waals surface area contributed by atoms with Crippen LogP contribution >= 0.6 is 0 Å². The van der Waals surface area contributed by atoms with Gasteiger partial charge in [0.1, 0.15) is 5.75 Å². The topological polar surface area (TPSA) is 35.5 Å². The minimum absolute atomic E-state index is 0.0234. The first-order valence-electron chi connectivity index (χ1n) is 11.8. The molecule has 1 unspecified atom stereocenters. The highest BCUT2D eigenvalue weighted by molar-refractivity contribution is 5.69. The maximum atomic E-state index is 11.6. The van der Waals surface area contributed by atoms with Crippen molar-refractivity contribution in [3.63, 3.8) is 0 Å². The monoisotopic (exact) mass is 424 g/mol. The quantitative estimate of drug-likeness (QED) is 0.189. The van der Waals surface area contributed by atoms with Crippen LogP contribution in [0, 0.1) is 17.8 Å². The van der Waals surface area contributed by atoms with Crippen LogP contribution in [0.1, 0.15) is 65.7 Å². The molecule has 0 aliphatic heterocycles. The number of hydrogen-bond donors (Lipinski definition) is 0. The van der Waals surface area contributed by atoms with Crippen molar-refractivity contribution in [2.45, 2.75) is 71.8 Å². The highest BCUT2D eigenvalue weighted by Gasteiger charge is 2.24. The molecule has 0 amide bonds. The van der Waals surface area contributed by atoms with E-state index in [1.165, 1.54) is 19.3 Å². The summed E-state index contributed by atoms with van der Waals surface area (Å²) in [5.74, 6) is 2.39. The number of ether oxygens (including phenoxy) is 2. The molecule has 0 heterocycles. The molecule has 1 fully saturated rings. The average molecular weight is 425 g/mol. The number of para-hydroxylation sites is 1. The Labute approximate surface area is 189 Å². The fraction of sp³-hybridized carbons (Fsp3) is 0.536. The lowest BCUT2D eigenvalue weighted by molar-refractivity contribution is -0.147. The summed E-state index contributed by atoms with van der Waals surface area (Å²) in [5, 5.41) is 0. The van der Waals surface area contributed by atoms with Crippen molar-refractivity contribution in [3.8, 4) is 5.75 Å². The SMILES string of the molecule is C=C(C)C(/C=C/[C@H]1CCC[C@@H]1C/C=C\CCCC(=O)OC(C)C)COc1ccccc1. The molecule has 0 aromatic heterocycles. The van der Waals surface area contributed by atoms with Gasteiger partial charge in [0.05, 0.1) is 12.7 Å². The Hall–Kier alpha value is -2.29. The Kier molecular flexibility index (Phi) is 11.2. The lowest BCUT2D eigenvalue weighted by atomic mass is 9.90. The highest BCUT2D eigenvalue weighted by atomic mass is 16.5. The third-order valence-corrected chi connectivity index (χ3v) is 5.84. The fourth-order valence-electron chi connectivity index (χ4n) is 4.03. The second kappa shape index (κ2) is 13.9. The summed E-state index contributed by atoms with van der Waals surface area (Å²) in [5.41, 5.74) is 1.14. The number of allylic oxidation sites excluding steroid dienone is 3. The van der Waals surface area contributed by atoms with Crippen molar-refractivity contribution in [2.24, 2.45) is 17.8 Å². The van der Waals surface area contributed by atoms with Crippen LogP contribution < -0.4 is 4.74 Å². The molecule has 0 spiro atoms. The van der Waals surface area contributed by atoms with E-state index in [9.17, 15) is 4.79 Å². The predicted octanol–water partition coefficient (Wildman–Crippen LogP) is 7.30. The molecule has 1 saturated carbocycles. The van der Waals surface area contributed by atoms with E-state index >= 15 is 0 Å². The van der Waals surface area contributed by atoms with Gasteiger partial charge in [0, 0.05) is 12.3 Å². The molecule has 0 radical (unpaired) electrons. The molecule has 0 saturated heterocycles. The van der Waals surface area contributed by atoms with E-state index < -0.39 is 0 Å². The molecule has 3 atom stereocenters. The number of esters is 1. The molecule has 1 aliphatic rings. The van der Waals surface area contributed by atoms with E-state index in [1.807, 2.05) is 44.2 Å². The first-order chi connectivity index (χ1) is 15.0. The van der Waals surface area contributed by atoms with E-state index in [-0.39, 0.29) is 18.0 Å². The Morgan fingerprint density at radius 1 is 1.19 bits per heavy atom. The Morgan fingerprint density at radius 3 is 2.68 bits per heavy atom. The van der Waals surface area contributed by atoms with Gasteiger partial charge in [-0.15, -0.1) is 0 Å².